The van der Waals surface area contributed by atoms with Crippen LogP contribution in [0.1, 0.15) is 30.8 Å². The third-order valence-corrected chi connectivity index (χ3v) is 3.48. The average Bonchev–Trinajstić information content (AvgIpc) is 3.02. The molecule has 0 aromatic carbocycles. The van der Waals surface area contributed by atoms with Gasteiger partial charge in [0.25, 0.3) is 0 Å². The zero-order valence-electron chi connectivity index (χ0n) is 12.6. The number of carbonyl (C=O) groups is 1. The van der Waals surface area contributed by atoms with E-state index in [-0.39, 0.29) is 11.3 Å². The summed E-state index contributed by atoms with van der Waals surface area (Å²) >= 11 is 0. The summed E-state index contributed by atoms with van der Waals surface area (Å²) in [6, 6.07) is 0. The van der Waals surface area contributed by atoms with Gasteiger partial charge in [-0.1, -0.05) is 5.21 Å². The number of carboxylic acid groups (broad SMARTS) is 1. The van der Waals surface area contributed by atoms with Gasteiger partial charge in [-0.2, -0.15) is 0 Å². The predicted molar refractivity (Wildman–Crippen MR) is 74.9 cm³/mol. The Balaban J connectivity index is 2.39. The van der Waals surface area contributed by atoms with Gasteiger partial charge in [0.2, 0.25) is 0 Å². The highest BCUT2D eigenvalue weighted by molar-refractivity contribution is 5.92. The first kappa shape index (κ1) is 15.2. The summed E-state index contributed by atoms with van der Waals surface area (Å²) in [5, 5.41) is 17.0. The molecule has 0 unspecified atom stereocenters. The second kappa shape index (κ2) is 5.65. The molecule has 0 amide bonds. The Kier molecular flexibility index (Phi) is 4.08. The summed E-state index contributed by atoms with van der Waals surface area (Å²) in [5.41, 5.74) is 0.717. The number of ether oxygens (including phenoxy) is 1. The van der Waals surface area contributed by atoms with Crippen LogP contribution >= 0.6 is 0 Å². The quantitative estimate of drug-likeness (QED) is 0.859. The molecule has 114 valence electrons. The minimum Gasteiger partial charge on any atom is -0.476 e. The van der Waals surface area contributed by atoms with Gasteiger partial charge < -0.3 is 14.4 Å². The van der Waals surface area contributed by atoms with E-state index in [0.717, 1.165) is 0 Å². The highest BCUT2D eigenvalue weighted by Gasteiger charge is 2.24. The molecule has 0 saturated heterocycles. The Hall–Kier alpha value is -2.22. The molecule has 0 saturated carbocycles. The van der Waals surface area contributed by atoms with E-state index in [9.17, 15) is 9.90 Å². The van der Waals surface area contributed by atoms with E-state index >= 15 is 0 Å². The normalized spacial score (nSPS) is 11.8. The average molecular weight is 293 g/mol. The van der Waals surface area contributed by atoms with Crippen molar-refractivity contribution >= 4 is 5.97 Å². The molecule has 0 aliphatic rings. The van der Waals surface area contributed by atoms with Gasteiger partial charge in [-0.05, 0) is 20.3 Å². The van der Waals surface area contributed by atoms with Gasteiger partial charge >= 0.3 is 5.97 Å². The van der Waals surface area contributed by atoms with Crippen LogP contribution in [-0.2, 0) is 18.3 Å². The maximum Gasteiger partial charge on any atom is 0.358 e. The minimum absolute atomic E-state index is 0.0752. The van der Waals surface area contributed by atoms with Crippen LogP contribution in [0.4, 0.5) is 0 Å². The van der Waals surface area contributed by atoms with E-state index in [4.69, 9.17) is 4.74 Å². The fraction of sp³-hybridized carbons (Fsp3) is 0.538. The highest BCUT2D eigenvalue weighted by Crippen LogP contribution is 2.23. The molecule has 0 aliphatic heterocycles. The Labute approximate surface area is 122 Å². The maximum atomic E-state index is 11.3. The third kappa shape index (κ3) is 3.10. The number of hydrogen-bond acceptors (Lipinski definition) is 5. The van der Waals surface area contributed by atoms with Gasteiger partial charge in [0.15, 0.2) is 5.69 Å². The number of rotatable bonds is 6. The van der Waals surface area contributed by atoms with Crippen molar-refractivity contribution in [2.45, 2.75) is 32.4 Å². The molecule has 2 aromatic rings. The number of aromatic carboxylic acids is 1. The summed E-state index contributed by atoms with van der Waals surface area (Å²) in [5.74, 6) is -1.11. The number of aromatic nitrogens is 5. The minimum atomic E-state index is -1.11. The van der Waals surface area contributed by atoms with Crippen LogP contribution in [0.2, 0.25) is 0 Å². The van der Waals surface area contributed by atoms with E-state index < -0.39 is 5.97 Å². The lowest BCUT2D eigenvalue weighted by molar-refractivity contribution is 0.0113. The van der Waals surface area contributed by atoms with Crippen LogP contribution < -0.4 is 0 Å². The molecule has 0 atom stereocenters. The summed E-state index contributed by atoms with van der Waals surface area (Å²) in [7, 11) is 3.44. The lowest BCUT2D eigenvalue weighted by atomic mass is 10.1. The van der Waals surface area contributed by atoms with E-state index in [2.05, 4.69) is 15.3 Å². The molecular weight excluding hydrogens is 274 g/mol. The van der Waals surface area contributed by atoms with Crippen molar-refractivity contribution in [3.8, 4) is 11.4 Å². The monoisotopic (exact) mass is 293 g/mol. The molecule has 0 radical (unpaired) electrons. The van der Waals surface area contributed by atoms with Crippen LogP contribution in [0.15, 0.2) is 12.5 Å². The SMILES string of the molecule is COC(C)(C)CCn1nnc(C(=O)O)c1-c1cncn1C. The fourth-order valence-electron chi connectivity index (χ4n) is 1.93. The number of hydrogen-bond donors (Lipinski definition) is 1. The van der Waals surface area contributed by atoms with Crippen LogP contribution in [-0.4, -0.2) is 48.3 Å². The number of carboxylic acids is 1. The second-order valence-electron chi connectivity index (χ2n) is 5.42. The zero-order chi connectivity index (χ0) is 15.6. The molecule has 2 heterocycles. The van der Waals surface area contributed by atoms with Gasteiger partial charge in [-0.3, -0.25) is 0 Å². The van der Waals surface area contributed by atoms with Crippen LogP contribution in [0, 0.1) is 0 Å². The molecule has 0 fully saturated rings. The summed E-state index contributed by atoms with van der Waals surface area (Å²) < 4.78 is 8.70. The predicted octanol–water partition coefficient (Wildman–Crippen LogP) is 1.19. The van der Waals surface area contributed by atoms with Crippen molar-refractivity contribution in [1.29, 1.82) is 0 Å². The Morgan fingerprint density at radius 3 is 2.71 bits per heavy atom. The van der Waals surface area contributed by atoms with Crippen LogP contribution in [0.25, 0.3) is 11.4 Å². The van der Waals surface area contributed by atoms with E-state index in [1.807, 2.05) is 13.8 Å². The van der Waals surface area contributed by atoms with Crippen molar-refractivity contribution in [2.75, 3.05) is 7.11 Å². The van der Waals surface area contributed by atoms with Gasteiger partial charge in [-0.25, -0.2) is 14.5 Å². The van der Waals surface area contributed by atoms with Crippen molar-refractivity contribution in [1.82, 2.24) is 24.5 Å². The zero-order valence-corrected chi connectivity index (χ0v) is 12.6. The first-order chi connectivity index (χ1) is 9.85. The second-order valence-corrected chi connectivity index (χ2v) is 5.42. The van der Waals surface area contributed by atoms with Gasteiger partial charge in [-0.15, -0.1) is 5.10 Å². The largest absolute Gasteiger partial charge is 0.476 e. The Bertz CT molecular complexity index is 644. The van der Waals surface area contributed by atoms with E-state index in [1.165, 1.54) is 0 Å². The highest BCUT2D eigenvalue weighted by atomic mass is 16.5. The first-order valence-electron chi connectivity index (χ1n) is 6.54. The lowest BCUT2D eigenvalue weighted by Gasteiger charge is -2.22. The summed E-state index contributed by atoms with van der Waals surface area (Å²) in [6.45, 7) is 4.43. The number of nitrogens with zero attached hydrogens (tertiary/aromatic N) is 5. The molecule has 0 spiro atoms. The van der Waals surface area contributed by atoms with E-state index in [0.29, 0.717) is 24.4 Å². The number of methoxy groups -OCH3 is 1. The number of aryl methyl sites for hydroxylation is 2. The van der Waals surface area contributed by atoms with Crippen molar-refractivity contribution in [2.24, 2.45) is 7.05 Å². The number of imidazole rings is 1. The van der Waals surface area contributed by atoms with Gasteiger partial charge in [0, 0.05) is 20.7 Å². The topological polar surface area (TPSA) is 95.1 Å². The summed E-state index contributed by atoms with van der Waals surface area (Å²) in [6.07, 6.45) is 3.89. The lowest BCUT2D eigenvalue weighted by Crippen LogP contribution is -2.25. The molecule has 21 heavy (non-hydrogen) atoms. The molecule has 0 aliphatic carbocycles. The van der Waals surface area contributed by atoms with Crippen LogP contribution in [0.5, 0.6) is 0 Å². The van der Waals surface area contributed by atoms with Gasteiger partial charge in [0.1, 0.15) is 5.69 Å². The molecule has 2 rings (SSSR count). The molecule has 1 N–H and O–H groups in total. The van der Waals surface area contributed by atoms with Gasteiger partial charge in [0.05, 0.1) is 23.8 Å². The summed E-state index contributed by atoms with van der Waals surface area (Å²) in [4.78, 5) is 15.3. The standard InChI is InChI=1S/C13H19N5O3/c1-13(2,21-4)5-6-18-11(9-7-14-8-17(9)3)10(12(19)20)15-16-18/h7-8H,5-6H2,1-4H3,(H,19,20). The molecule has 8 nitrogen and oxygen atoms in total. The Morgan fingerprint density at radius 2 is 2.19 bits per heavy atom. The molecule has 0 bridgehead atoms. The third-order valence-electron chi connectivity index (χ3n) is 3.48. The smallest absolute Gasteiger partial charge is 0.358 e. The van der Waals surface area contributed by atoms with Crippen LogP contribution in [0.3, 0.4) is 0 Å². The maximum absolute atomic E-state index is 11.3. The van der Waals surface area contributed by atoms with Crippen molar-refractivity contribution in [3.05, 3.63) is 18.2 Å². The first-order valence-corrected chi connectivity index (χ1v) is 6.54. The van der Waals surface area contributed by atoms with Crippen molar-refractivity contribution < 1.29 is 14.6 Å². The molecular formula is C13H19N5O3. The van der Waals surface area contributed by atoms with E-state index in [1.54, 1.807) is 35.9 Å². The molecule has 2 aromatic heterocycles. The Morgan fingerprint density at radius 1 is 1.48 bits per heavy atom. The molecule has 8 heteroatoms. The van der Waals surface area contributed by atoms with Crippen molar-refractivity contribution in [3.63, 3.8) is 0 Å². The fourth-order valence-corrected chi connectivity index (χ4v) is 1.93.